The molecule has 0 aliphatic carbocycles. The average Bonchev–Trinajstić information content (AvgIpc) is 2.62. The number of aromatic nitrogens is 2. The number of hydrogen-bond donors (Lipinski definition) is 1. The predicted octanol–water partition coefficient (Wildman–Crippen LogP) is 3.34. The minimum absolute atomic E-state index is 0.677. The molecule has 0 bridgehead atoms. The first-order chi connectivity index (χ1) is 8.00. The minimum Gasteiger partial charge on any atom is -0.382 e. The van der Waals surface area contributed by atoms with E-state index in [9.17, 15) is 5.11 Å². The third-order valence-electron chi connectivity index (χ3n) is 2.69. The highest BCUT2D eigenvalue weighted by Crippen LogP contribution is 2.29. The van der Waals surface area contributed by atoms with Gasteiger partial charge in [0.15, 0.2) is 0 Å². The van der Waals surface area contributed by atoms with Crippen LogP contribution in [0.3, 0.4) is 0 Å². The second-order valence-electron chi connectivity index (χ2n) is 3.91. The Morgan fingerprint density at radius 2 is 2.00 bits per heavy atom. The van der Waals surface area contributed by atoms with Crippen LogP contribution in [-0.2, 0) is 7.05 Å². The van der Waals surface area contributed by atoms with Gasteiger partial charge in [0, 0.05) is 11.5 Å². The standard InChI is InChI=1S/C12H12Br2N2O/c1-7-5-8(3-4-9(7)13)12(17)11-10(14)6-15-16(11)2/h3-6,12,17H,1-2H3. The molecule has 0 aliphatic rings. The van der Waals surface area contributed by atoms with Crippen molar-refractivity contribution < 1.29 is 5.11 Å². The van der Waals surface area contributed by atoms with Crippen molar-refractivity contribution in [3.63, 3.8) is 0 Å². The Hall–Kier alpha value is -0.650. The van der Waals surface area contributed by atoms with Gasteiger partial charge in [-0.05, 0) is 40.0 Å². The van der Waals surface area contributed by atoms with E-state index in [1.165, 1.54) is 0 Å². The molecule has 2 aromatic rings. The Morgan fingerprint density at radius 1 is 1.29 bits per heavy atom. The van der Waals surface area contributed by atoms with Crippen LogP contribution in [0, 0.1) is 6.92 Å². The third kappa shape index (κ3) is 2.46. The van der Waals surface area contributed by atoms with E-state index in [0.717, 1.165) is 25.8 Å². The molecule has 0 saturated heterocycles. The Kier molecular flexibility index (Phi) is 3.70. The molecule has 0 fully saturated rings. The van der Waals surface area contributed by atoms with Crippen molar-refractivity contribution in [3.8, 4) is 0 Å². The lowest BCUT2D eigenvalue weighted by atomic mass is 10.0. The van der Waals surface area contributed by atoms with Gasteiger partial charge in [-0.3, -0.25) is 4.68 Å². The van der Waals surface area contributed by atoms with Crippen molar-refractivity contribution in [2.75, 3.05) is 0 Å². The molecule has 1 aromatic heterocycles. The molecular weight excluding hydrogens is 348 g/mol. The van der Waals surface area contributed by atoms with Gasteiger partial charge in [-0.1, -0.05) is 28.1 Å². The van der Waals surface area contributed by atoms with Crippen LogP contribution in [0.5, 0.6) is 0 Å². The molecule has 3 nitrogen and oxygen atoms in total. The van der Waals surface area contributed by atoms with Crippen LogP contribution < -0.4 is 0 Å². The van der Waals surface area contributed by atoms with Crippen LogP contribution >= 0.6 is 31.9 Å². The maximum Gasteiger partial charge on any atom is 0.122 e. The molecule has 5 heteroatoms. The monoisotopic (exact) mass is 358 g/mol. The quantitative estimate of drug-likeness (QED) is 0.892. The lowest BCUT2D eigenvalue weighted by Crippen LogP contribution is -2.07. The number of aryl methyl sites for hydroxylation is 2. The average molecular weight is 360 g/mol. The summed E-state index contributed by atoms with van der Waals surface area (Å²) in [5.41, 5.74) is 2.71. The summed E-state index contributed by atoms with van der Waals surface area (Å²) in [5, 5.41) is 14.5. The van der Waals surface area contributed by atoms with Crippen LogP contribution in [0.15, 0.2) is 33.3 Å². The third-order valence-corrected chi connectivity index (χ3v) is 4.20. The van der Waals surface area contributed by atoms with Crippen molar-refractivity contribution in [2.45, 2.75) is 13.0 Å². The predicted molar refractivity (Wildman–Crippen MR) is 73.8 cm³/mol. The maximum atomic E-state index is 10.4. The zero-order valence-corrected chi connectivity index (χ0v) is 12.7. The van der Waals surface area contributed by atoms with Gasteiger partial charge in [0.25, 0.3) is 0 Å². The van der Waals surface area contributed by atoms with Crippen LogP contribution in [0.2, 0.25) is 0 Å². The molecule has 2 rings (SSSR count). The number of aliphatic hydroxyl groups is 1. The van der Waals surface area contributed by atoms with Crippen molar-refractivity contribution in [3.05, 3.63) is 50.2 Å². The molecule has 0 saturated carbocycles. The molecule has 1 heterocycles. The zero-order valence-electron chi connectivity index (χ0n) is 9.48. The fourth-order valence-electron chi connectivity index (χ4n) is 1.72. The number of hydrogen-bond acceptors (Lipinski definition) is 2. The zero-order chi connectivity index (χ0) is 12.6. The summed E-state index contributed by atoms with van der Waals surface area (Å²) in [6, 6.07) is 5.81. The first-order valence-electron chi connectivity index (χ1n) is 5.12. The van der Waals surface area contributed by atoms with Gasteiger partial charge in [0.2, 0.25) is 0 Å². The highest BCUT2D eigenvalue weighted by Gasteiger charge is 2.18. The topological polar surface area (TPSA) is 38.1 Å². The van der Waals surface area contributed by atoms with Gasteiger partial charge in [-0.25, -0.2) is 0 Å². The number of benzene rings is 1. The van der Waals surface area contributed by atoms with E-state index in [1.807, 2.05) is 32.2 Å². The van der Waals surface area contributed by atoms with Gasteiger partial charge in [0.05, 0.1) is 16.4 Å². The highest BCUT2D eigenvalue weighted by molar-refractivity contribution is 9.10. The van der Waals surface area contributed by atoms with Gasteiger partial charge in [-0.15, -0.1) is 0 Å². The molecule has 1 atom stereocenters. The Labute approximate surface area is 117 Å². The summed E-state index contributed by atoms with van der Waals surface area (Å²) >= 11 is 6.84. The summed E-state index contributed by atoms with van der Waals surface area (Å²) in [5.74, 6) is 0. The van der Waals surface area contributed by atoms with Crippen LogP contribution in [0.1, 0.15) is 22.9 Å². The van der Waals surface area contributed by atoms with Gasteiger partial charge < -0.3 is 5.11 Å². The molecule has 17 heavy (non-hydrogen) atoms. The smallest absolute Gasteiger partial charge is 0.122 e. The van der Waals surface area contributed by atoms with E-state index in [4.69, 9.17) is 0 Å². The lowest BCUT2D eigenvalue weighted by molar-refractivity contribution is 0.209. The SMILES string of the molecule is Cc1cc(C(O)c2c(Br)cnn2C)ccc1Br. The number of nitrogens with zero attached hydrogens (tertiary/aromatic N) is 2. The largest absolute Gasteiger partial charge is 0.382 e. The van der Waals surface area contributed by atoms with Crippen molar-refractivity contribution in [1.29, 1.82) is 0 Å². The Bertz CT molecular complexity index is 532. The van der Waals surface area contributed by atoms with E-state index in [-0.39, 0.29) is 0 Å². The Balaban J connectivity index is 2.43. The molecule has 90 valence electrons. The van der Waals surface area contributed by atoms with Crippen LogP contribution in [0.25, 0.3) is 0 Å². The minimum atomic E-state index is -0.677. The van der Waals surface area contributed by atoms with E-state index >= 15 is 0 Å². The normalized spacial score (nSPS) is 12.8. The van der Waals surface area contributed by atoms with Crippen LogP contribution in [0.4, 0.5) is 0 Å². The molecule has 1 unspecified atom stereocenters. The number of aliphatic hydroxyl groups excluding tert-OH is 1. The summed E-state index contributed by atoms with van der Waals surface area (Å²) in [4.78, 5) is 0. The van der Waals surface area contributed by atoms with Gasteiger partial charge in [0.1, 0.15) is 6.10 Å². The fraction of sp³-hybridized carbons (Fsp3) is 0.250. The van der Waals surface area contributed by atoms with Crippen molar-refractivity contribution in [2.24, 2.45) is 7.05 Å². The van der Waals surface area contributed by atoms with Gasteiger partial charge >= 0.3 is 0 Å². The number of rotatable bonds is 2. The first kappa shape index (κ1) is 12.8. The van der Waals surface area contributed by atoms with Crippen molar-refractivity contribution >= 4 is 31.9 Å². The molecule has 0 radical (unpaired) electrons. The second kappa shape index (κ2) is 4.92. The summed E-state index contributed by atoms with van der Waals surface area (Å²) < 4.78 is 3.53. The molecule has 0 amide bonds. The van der Waals surface area contributed by atoms with E-state index in [1.54, 1.807) is 10.9 Å². The molecule has 1 N–H and O–H groups in total. The first-order valence-corrected chi connectivity index (χ1v) is 6.71. The van der Waals surface area contributed by atoms with Crippen molar-refractivity contribution in [1.82, 2.24) is 9.78 Å². The van der Waals surface area contributed by atoms with Gasteiger partial charge in [-0.2, -0.15) is 5.10 Å². The lowest BCUT2D eigenvalue weighted by Gasteiger charge is -2.13. The molecule has 0 aliphatic heterocycles. The maximum absolute atomic E-state index is 10.4. The molecular formula is C12H12Br2N2O. The summed E-state index contributed by atoms with van der Waals surface area (Å²) in [6.45, 7) is 2.00. The Morgan fingerprint density at radius 3 is 2.53 bits per heavy atom. The molecule has 0 spiro atoms. The summed E-state index contributed by atoms with van der Waals surface area (Å²) in [7, 11) is 1.81. The van der Waals surface area contributed by atoms with E-state index < -0.39 is 6.10 Å². The second-order valence-corrected chi connectivity index (χ2v) is 5.62. The highest BCUT2D eigenvalue weighted by atomic mass is 79.9. The van der Waals surface area contributed by atoms with E-state index in [0.29, 0.717) is 0 Å². The van der Waals surface area contributed by atoms with E-state index in [2.05, 4.69) is 37.0 Å². The summed E-state index contributed by atoms with van der Waals surface area (Å²) in [6.07, 6.45) is 1.01. The number of halogens is 2. The molecule has 1 aromatic carbocycles. The van der Waals surface area contributed by atoms with Crippen LogP contribution in [-0.4, -0.2) is 14.9 Å². The fourth-order valence-corrected chi connectivity index (χ4v) is 2.54.